The fraction of sp³-hybridized carbons (Fsp3) is 0.188. The van der Waals surface area contributed by atoms with Gasteiger partial charge in [-0.15, -0.1) is 0 Å². The van der Waals surface area contributed by atoms with Crippen LogP contribution in [0.25, 0.3) is 5.69 Å². The topological polar surface area (TPSA) is 64.7 Å². The molecular weight excluding hydrogens is 385 g/mol. The van der Waals surface area contributed by atoms with Gasteiger partial charge >= 0.3 is 0 Å². The minimum absolute atomic E-state index is 0.0301. The van der Waals surface area contributed by atoms with E-state index >= 15 is 0 Å². The lowest BCUT2D eigenvalue weighted by Gasteiger charge is -2.11. The van der Waals surface area contributed by atoms with E-state index in [9.17, 15) is 4.79 Å². The van der Waals surface area contributed by atoms with E-state index in [1.54, 1.807) is 23.0 Å². The Labute approximate surface area is 158 Å². The molecule has 25 heavy (non-hydrogen) atoms. The third-order valence-electron chi connectivity index (χ3n) is 3.86. The molecule has 0 spiro atoms. The van der Waals surface area contributed by atoms with E-state index in [-0.39, 0.29) is 5.02 Å². The van der Waals surface area contributed by atoms with Gasteiger partial charge in [0, 0.05) is 29.9 Å². The van der Waals surface area contributed by atoms with Gasteiger partial charge in [-0.3, -0.25) is 9.48 Å². The van der Waals surface area contributed by atoms with Crippen molar-refractivity contribution in [2.75, 3.05) is 5.32 Å². The highest BCUT2D eigenvalue weighted by Crippen LogP contribution is 2.24. The second kappa shape index (κ2) is 7.07. The molecule has 0 saturated carbocycles. The van der Waals surface area contributed by atoms with E-state index < -0.39 is 5.56 Å². The molecule has 0 saturated heterocycles. The van der Waals surface area contributed by atoms with Crippen LogP contribution in [0.2, 0.25) is 15.1 Å². The standard InChI is InChI=1S/C16H14Cl3N5O/c1-9-10(7-21-23(9)2)6-20-13-8-22-24(16(25)15(13)19)14-4-3-11(17)5-12(14)18/h3-5,7-8,20H,6H2,1-2H3. The van der Waals surface area contributed by atoms with E-state index in [0.717, 1.165) is 15.9 Å². The third kappa shape index (κ3) is 3.51. The molecule has 2 heterocycles. The fourth-order valence-electron chi connectivity index (χ4n) is 2.29. The van der Waals surface area contributed by atoms with Gasteiger partial charge in [0.25, 0.3) is 5.56 Å². The minimum atomic E-state index is -0.473. The second-order valence-electron chi connectivity index (χ2n) is 5.42. The molecule has 1 aromatic carbocycles. The maximum absolute atomic E-state index is 12.5. The average Bonchev–Trinajstić information content (AvgIpc) is 2.89. The van der Waals surface area contributed by atoms with Crippen molar-refractivity contribution in [1.82, 2.24) is 19.6 Å². The van der Waals surface area contributed by atoms with Crippen LogP contribution in [0.1, 0.15) is 11.3 Å². The number of benzene rings is 1. The van der Waals surface area contributed by atoms with Crippen LogP contribution in [0.3, 0.4) is 0 Å². The Morgan fingerprint density at radius 2 is 1.92 bits per heavy atom. The Kier molecular flexibility index (Phi) is 5.03. The van der Waals surface area contributed by atoms with Gasteiger partial charge in [0.15, 0.2) is 0 Å². The van der Waals surface area contributed by atoms with Crippen molar-refractivity contribution < 1.29 is 0 Å². The highest BCUT2D eigenvalue weighted by atomic mass is 35.5. The van der Waals surface area contributed by atoms with Crippen LogP contribution in [0.5, 0.6) is 0 Å². The molecule has 0 atom stereocenters. The van der Waals surface area contributed by atoms with Gasteiger partial charge in [0.2, 0.25) is 0 Å². The lowest BCUT2D eigenvalue weighted by atomic mass is 10.2. The highest BCUT2D eigenvalue weighted by molar-refractivity contribution is 6.36. The second-order valence-corrected chi connectivity index (χ2v) is 6.64. The number of hydrogen-bond donors (Lipinski definition) is 1. The van der Waals surface area contributed by atoms with E-state index in [4.69, 9.17) is 34.8 Å². The molecule has 0 aliphatic carbocycles. The fourth-order valence-corrected chi connectivity index (χ4v) is 2.97. The van der Waals surface area contributed by atoms with E-state index in [2.05, 4.69) is 15.5 Å². The van der Waals surface area contributed by atoms with Crippen molar-refractivity contribution in [3.63, 3.8) is 0 Å². The lowest BCUT2D eigenvalue weighted by molar-refractivity contribution is 0.738. The Hall–Kier alpha value is -2.02. The van der Waals surface area contributed by atoms with Crippen LogP contribution < -0.4 is 10.9 Å². The van der Waals surface area contributed by atoms with Gasteiger partial charge in [-0.1, -0.05) is 34.8 Å². The number of anilines is 1. The van der Waals surface area contributed by atoms with E-state index in [0.29, 0.717) is 28.0 Å². The lowest BCUT2D eigenvalue weighted by Crippen LogP contribution is -2.23. The minimum Gasteiger partial charge on any atom is -0.378 e. The van der Waals surface area contributed by atoms with Gasteiger partial charge < -0.3 is 5.32 Å². The van der Waals surface area contributed by atoms with Gasteiger partial charge in [0.1, 0.15) is 5.02 Å². The zero-order chi connectivity index (χ0) is 18.1. The first-order chi connectivity index (χ1) is 11.9. The Balaban J connectivity index is 1.90. The summed E-state index contributed by atoms with van der Waals surface area (Å²) < 4.78 is 2.92. The average molecular weight is 399 g/mol. The summed E-state index contributed by atoms with van der Waals surface area (Å²) in [6, 6.07) is 4.78. The summed E-state index contributed by atoms with van der Waals surface area (Å²) in [6.07, 6.45) is 3.25. The zero-order valence-electron chi connectivity index (χ0n) is 13.4. The van der Waals surface area contributed by atoms with Crippen LogP contribution in [-0.4, -0.2) is 19.6 Å². The summed E-state index contributed by atoms with van der Waals surface area (Å²) in [5, 5.41) is 12.2. The van der Waals surface area contributed by atoms with Crippen molar-refractivity contribution in [2.24, 2.45) is 7.05 Å². The molecule has 1 N–H and O–H groups in total. The zero-order valence-corrected chi connectivity index (χ0v) is 15.7. The molecule has 0 radical (unpaired) electrons. The molecule has 3 rings (SSSR count). The summed E-state index contributed by atoms with van der Waals surface area (Å²) in [7, 11) is 1.87. The van der Waals surface area contributed by atoms with Gasteiger partial charge in [-0.2, -0.15) is 14.9 Å². The Morgan fingerprint density at radius 1 is 1.16 bits per heavy atom. The van der Waals surface area contributed by atoms with Gasteiger partial charge in [-0.25, -0.2) is 0 Å². The normalized spacial score (nSPS) is 10.9. The van der Waals surface area contributed by atoms with Gasteiger partial charge in [0.05, 0.1) is 28.8 Å². The molecular formula is C16H14Cl3N5O. The molecule has 6 nitrogen and oxygen atoms in total. The maximum Gasteiger partial charge on any atom is 0.292 e. The maximum atomic E-state index is 12.5. The van der Waals surface area contributed by atoms with Crippen LogP contribution in [-0.2, 0) is 13.6 Å². The van der Waals surface area contributed by atoms with Crippen molar-refractivity contribution in [1.29, 1.82) is 0 Å². The molecule has 9 heteroatoms. The van der Waals surface area contributed by atoms with Crippen molar-refractivity contribution >= 4 is 40.5 Å². The molecule has 0 aliphatic rings. The number of rotatable bonds is 4. The molecule has 0 unspecified atom stereocenters. The Morgan fingerprint density at radius 3 is 2.56 bits per heavy atom. The summed E-state index contributed by atoms with van der Waals surface area (Å²) in [6.45, 7) is 2.44. The molecule has 0 aliphatic heterocycles. The number of aromatic nitrogens is 4. The SMILES string of the molecule is Cc1c(CNc2cnn(-c3ccc(Cl)cc3Cl)c(=O)c2Cl)cnn1C. The number of hydrogen-bond acceptors (Lipinski definition) is 4. The third-order valence-corrected chi connectivity index (χ3v) is 4.77. The quantitative estimate of drug-likeness (QED) is 0.725. The molecule has 0 bridgehead atoms. The predicted octanol–water partition coefficient (Wildman–Crippen LogP) is 3.85. The van der Waals surface area contributed by atoms with Crippen LogP contribution in [0.4, 0.5) is 5.69 Å². The van der Waals surface area contributed by atoms with Crippen molar-refractivity contribution in [3.8, 4) is 5.69 Å². The first-order valence-electron chi connectivity index (χ1n) is 7.33. The summed E-state index contributed by atoms with van der Waals surface area (Å²) >= 11 is 18.2. The smallest absolute Gasteiger partial charge is 0.292 e. The number of aryl methyl sites for hydroxylation is 1. The number of halogens is 3. The number of nitrogens with zero attached hydrogens (tertiary/aromatic N) is 4. The van der Waals surface area contributed by atoms with Crippen LogP contribution in [0.15, 0.2) is 35.4 Å². The number of nitrogens with one attached hydrogen (secondary N) is 1. The van der Waals surface area contributed by atoms with E-state index in [1.165, 1.54) is 12.3 Å². The van der Waals surface area contributed by atoms with Crippen LogP contribution >= 0.6 is 34.8 Å². The summed E-state index contributed by atoms with van der Waals surface area (Å²) in [4.78, 5) is 12.5. The largest absolute Gasteiger partial charge is 0.378 e. The molecule has 2 aromatic heterocycles. The Bertz CT molecular complexity index is 996. The molecule has 0 fully saturated rings. The summed E-state index contributed by atoms with van der Waals surface area (Å²) in [5.74, 6) is 0. The summed E-state index contributed by atoms with van der Waals surface area (Å²) in [5.41, 5.74) is 2.41. The first kappa shape index (κ1) is 17.8. The predicted molar refractivity (Wildman–Crippen MR) is 100 cm³/mol. The molecule has 130 valence electrons. The monoisotopic (exact) mass is 397 g/mol. The highest BCUT2D eigenvalue weighted by Gasteiger charge is 2.13. The van der Waals surface area contributed by atoms with Gasteiger partial charge in [-0.05, 0) is 25.1 Å². The molecule has 3 aromatic rings. The molecule has 0 amide bonds. The first-order valence-corrected chi connectivity index (χ1v) is 8.46. The van der Waals surface area contributed by atoms with E-state index in [1.807, 2.05) is 14.0 Å². The van der Waals surface area contributed by atoms with Crippen molar-refractivity contribution in [3.05, 3.63) is 67.3 Å². The van der Waals surface area contributed by atoms with Crippen LogP contribution in [0, 0.1) is 6.92 Å². The van der Waals surface area contributed by atoms with Crippen molar-refractivity contribution in [2.45, 2.75) is 13.5 Å².